The molecule has 24 heteroatoms. The smallest absolute Gasteiger partial charge is 0.227 e. The number of furan rings is 5. The predicted molar refractivity (Wildman–Crippen MR) is 563 cm³/mol. The summed E-state index contributed by atoms with van der Waals surface area (Å²) in [5.41, 5.74) is 28.2. The molecule has 0 spiro atoms. The SMILES string of the molecule is Cc1ccc2c(n1)oc1c(N3c4cccnc4N(c4ccccc4)C3C)c(C)ccc12.Cc1ccc2c(n1)oc1c(N3c4ncccc4N(c4ccccc4)C3C)c(C)ccc12.Cc1ccc2c(n1)oc1c(N3c4nccnc4N(c4ccccc4)C3C)c(C)ccc12.[2H]C(C)(C)N1C=CN(c2c(C)ccc3c2oc2nc(C)ccc23)C1C.[2H]C([2H])([2H])N1C=CN(c2c(C)ccc3c2oc2nc(C)ccc23)C1C. The van der Waals surface area contributed by atoms with E-state index in [9.17, 15) is 0 Å². The first-order valence-electron chi connectivity index (χ1n) is 49.0. The van der Waals surface area contributed by atoms with Gasteiger partial charge in [0.15, 0.2) is 51.2 Å². The minimum absolute atomic E-state index is 0.0273. The van der Waals surface area contributed by atoms with Crippen molar-refractivity contribution in [3.05, 3.63) is 342 Å². The summed E-state index contributed by atoms with van der Waals surface area (Å²) in [5.74, 6) is 3.53. The average molecular weight is 1840 g/mol. The maximum Gasteiger partial charge on any atom is 0.227 e. The van der Waals surface area contributed by atoms with Gasteiger partial charge >= 0.3 is 0 Å². The molecule has 0 fully saturated rings. The molecule has 26 rings (SSSR count). The zero-order valence-electron chi connectivity index (χ0n) is 84.6. The lowest BCUT2D eigenvalue weighted by atomic mass is 10.1. The fraction of sp³-hybridized carbons (Fsp3) is 0.209. The van der Waals surface area contributed by atoms with Crippen LogP contribution in [0.1, 0.15) is 110 Å². The van der Waals surface area contributed by atoms with Crippen molar-refractivity contribution in [1.82, 2.24) is 54.7 Å². The van der Waals surface area contributed by atoms with Crippen molar-refractivity contribution in [2.75, 3.05) is 46.2 Å². The molecule has 0 saturated carbocycles. The van der Waals surface area contributed by atoms with Gasteiger partial charge in [0.1, 0.15) is 30.8 Å². The number of hydrogen-bond donors (Lipinski definition) is 0. The van der Waals surface area contributed by atoms with Crippen LogP contribution in [0.4, 0.5) is 80.1 Å². The number of pyridine rings is 7. The number of benzene rings is 8. The molecule has 8 aromatic carbocycles. The van der Waals surface area contributed by atoms with Crippen LogP contribution in [0.2, 0.25) is 0 Å². The third-order valence-electron chi connectivity index (χ3n) is 27.2. The Morgan fingerprint density at radius 3 is 0.921 bits per heavy atom. The highest BCUT2D eigenvalue weighted by molar-refractivity contribution is 6.15. The van der Waals surface area contributed by atoms with E-state index in [1.54, 1.807) is 24.8 Å². The molecule has 0 aliphatic carbocycles. The Morgan fingerprint density at radius 2 is 0.554 bits per heavy atom. The lowest BCUT2D eigenvalue weighted by molar-refractivity contribution is 0.263. The molecule has 5 aliphatic rings. The third-order valence-corrected chi connectivity index (χ3v) is 27.2. The topological polar surface area (TPSA) is 214 Å². The molecular formula is C115H107N19O5. The Bertz CT molecular complexity index is 7940. The molecule has 5 aliphatic heterocycles. The summed E-state index contributed by atoms with van der Waals surface area (Å²) in [6, 6.07) is 80.3. The first kappa shape index (κ1) is 83.0. The summed E-state index contributed by atoms with van der Waals surface area (Å²) < 4.78 is 62.7. The largest absolute Gasteiger partial charge is 0.435 e. The highest BCUT2D eigenvalue weighted by Gasteiger charge is 2.43. The van der Waals surface area contributed by atoms with Gasteiger partial charge in [0, 0.05) is 166 Å². The first-order valence-corrected chi connectivity index (χ1v) is 47.0. The van der Waals surface area contributed by atoms with Crippen molar-refractivity contribution < 1.29 is 27.6 Å². The van der Waals surface area contributed by atoms with E-state index >= 15 is 0 Å². The normalized spacial score (nSPS) is 17.1. The van der Waals surface area contributed by atoms with Gasteiger partial charge in [-0.2, -0.15) is 0 Å². The van der Waals surface area contributed by atoms with Crippen LogP contribution in [0.25, 0.3) is 110 Å². The molecule has 18 heterocycles. The molecule has 139 heavy (non-hydrogen) atoms. The van der Waals surface area contributed by atoms with E-state index in [-0.39, 0.29) is 30.8 Å². The van der Waals surface area contributed by atoms with Gasteiger partial charge in [-0.1, -0.05) is 115 Å². The second-order valence-corrected chi connectivity index (χ2v) is 36.5. The Labute approximate surface area is 811 Å². The van der Waals surface area contributed by atoms with Crippen LogP contribution in [-0.4, -0.2) is 98.5 Å². The number of para-hydroxylation sites is 3. The van der Waals surface area contributed by atoms with Gasteiger partial charge in [0.2, 0.25) is 28.6 Å². The molecule has 0 N–H and O–H groups in total. The first-order chi connectivity index (χ1) is 68.9. The Hall–Kier alpha value is -16.6. The van der Waals surface area contributed by atoms with Gasteiger partial charge in [-0.25, -0.2) is 44.9 Å². The van der Waals surface area contributed by atoms with Crippen LogP contribution in [0, 0.1) is 69.2 Å². The fourth-order valence-corrected chi connectivity index (χ4v) is 20.5. The van der Waals surface area contributed by atoms with E-state index < -0.39 is 13.0 Å². The summed E-state index contributed by atoms with van der Waals surface area (Å²) in [4.78, 5) is 63.0. The molecule has 0 saturated heterocycles. The maximum absolute atomic E-state index is 8.35. The van der Waals surface area contributed by atoms with Gasteiger partial charge in [0.05, 0.1) is 41.2 Å². The molecular weight excluding hydrogens is 1730 g/mol. The summed E-state index contributed by atoms with van der Waals surface area (Å²) in [5, 5.41) is 10.4. The average Bonchev–Trinajstić information content (AvgIpc) is 1.55. The number of aromatic nitrogens is 9. The van der Waals surface area contributed by atoms with E-state index in [2.05, 4.69) is 265 Å². The van der Waals surface area contributed by atoms with Crippen LogP contribution in [0.15, 0.2) is 308 Å². The minimum Gasteiger partial charge on any atom is -0.435 e. The molecule has 5 unspecified atom stereocenters. The number of hydrogen-bond acceptors (Lipinski definition) is 24. The van der Waals surface area contributed by atoms with Crippen LogP contribution in [0.5, 0.6) is 0 Å². The van der Waals surface area contributed by atoms with Gasteiger partial charge in [-0.05, 0) is 267 Å². The number of rotatable bonds is 9. The highest BCUT2D eigenvalue weighted by Crippen LogP contribution is 2.55. The molecule has 0 radical (unpaired) electrons. The molecule has 5 atom stereocenters. The lowest BCUT2D eigenvalue weighted by Crippen LogP contribution is -2.39. The van der Waals surface area contributed by atoms with Crippen LogP contribution >= 0.6 is 0 Å². The van der Waals surface area contributed by atoms with Gasteiger partial charge in [-0.3, -0.25) is 9.80 Å². The Balaban J connectivity index is 0.000000103. The zero-order valence-corrected chi connectivity index (χ0v) is 80.6. The number of fused-ring (bicyclic) bond motifs is 18. The van der Waals surface area contributed by atoms with E-state index in [1.807, 2.05) is 188 Å². The number of anilines is 14. The number of nitrogens with zero attached hydrogens (tertiary/aromatic N) is 19. The molecule has 0 bridgehead atoms. The van der Waals surface area contributed by atoms with Crippen molar-refractivity contribution in [3.8, 4) is 0 Å². The van der Waals surface area contributed by atoms with Crippen molar-refractivity contribution in [2.45, 2.75) is 155 Å². The summed E-state index contributed by atoms with van der Waals surface area (Å²) in [7, 11) is 0. The van der Waals surface area contributed by atoms with Gasteiger partial charge in [-0.15, -0.1) is 0 Å². The van der Waals surface area contributed by atoms with E-state index in [0.717, 1.165) is 218 Å². The van der Waals surface area contributed by atoms with E-state index in [1.165, 1.54) is 4.90 Å². The van der Waals surface area contributed by atoms with Crippen LogP contribution < -0.4 is 39.2 Å². The minimum atomic E-state index is -2.18. The second-order valence-electron chi connectivity index (χ2n) is 36.5. The van der Waals surface area contributed by atoms with Crippen molar-refractivity contribution in [2.24, 2.45) is 0 Å². The fourth-order valence-electron chi connectivity index (χ4n) is 20.5. The zero-order chi connectivity index (χ0) is 99.2. The Morgan fingerprint density at radius 1 is 0.266 bits per heavy atom. The molecule has 24 nitrogen and oxygen atoms in total. The molecule has 21 aromatic rings. The molecule has 0 amide bonds. The van der Waals surface area contributed by atoms with Crippen molar-refractivity contribution in [3.63, 3.8) is 0 Å². The monoisotopic (exact) mass is 1840 g/mol. The Kier molecular flexibility index (Phi) is 20.9. The quantitative estimate of drug-likeness (QED) is 0.131. The standard InChI is InChI=1S/2C26H22N4O.C25H21N5O.C20H23N3O.C18H19N3O/c1-16-11-13-20-21-14-12-17(2)28-26(21)31-24(20)23(16)30-18(3)29(19-8-5-4-6-9-19)25-22(30)10-7-15-27-25;1-16-11-13-20-21-14-12-17(2)28-26(21)31-24(20)23(16)30-18(3)29(19-8-5-4-6-9-19)22-10-7-15-27-25(22)30;1-15-9-11-19-20-12-10-16(2)28-25(20)31-22(19)21(15)30-17(3)29(18-7-5-4-6-8-18)23-24(30)27-14-13-26-23;1-12(2)22-10-11-23(15(22)5)18-13(3)6-8-16-17-9-7-14(4)21-20(17)24-19(16)18;1-11-5-7-14-15-8-6-12(2)19-18(15)22-17(14)16(11)21-10-9-20(4)13(21)3/h2*4-15,18H,1-3H3;4-14,17H,1-3H3;6-12,15H,1-5H3;5-10,13H,1-4H3/i;;;12D;4D3. The van der Waals surface area contributed by atoms with Crippen LogP contribution in [0.3, 0.4) is 0 Å². The van der Waals surface area contributed by atoms with E-state index in [4.69, 9.17) is 42.5 Å². The summed E-state index contributed by atoms with van der Waals surface area (Å²) in [6.07, 6.45) is 14.4. The van der Waals surface area contributed by atoms with E-state index in [0.29, 0.717) is 28.6 Å². The third kappa shape index (κ3) is 14.9. The highest BCUT2D eigenvalue weighted by atomic mass is 16.4. The number of aryl methyl sites for hydroxylation is 10. The van der Waals surface area contributed by atoms with Crippen LogP contribution in [-0.2, 0) is 0 Å². The van der Waals surface area contributed by atoms with Gasteiger partial charge < -0.3 is 61.3 Å². The van der Waals surface area contributed by atoms with Crippen molar-refractivity contribution >= 4 is 190 Å². The molecule has 13 aromatic heterocycles. The summed E-state index contributed by atoms with van der Waals surface area (Å²) >= 11 is 0. The second kappa shape index (κ2) is 34.9. The lowest BCUT2D eigenvalue weighted by Gasteiger charge is -2.33. The van der Waals surface area contributed by atoms with Gasteiger partial charge in [0.25, 0.3) is 0 Å². The maximum atomic E-state index is 8.35. The molecule has 692 valence electrons. The van der Waals surface area contributed by atoms with Crippen molar-refractivity contribution in [1.29, 1.82) is 0 Å². The predicted octanol–water partition coefficient (Wildman–Crippen LogP) is 28.4. The summed E-state index contributed by atoms with van der Waals surface area (Å²) in [6.45, 7) is 32.5.